The average Bonchev–Trinajstić information content (AvgIpc) is 3.57. The SMILES string of the molecule is C=CCN(Cc1ccccc1)C(=O)[C@@H]1[C@H]2C(=O)N(CCCCO)C(C(=O)N(CC=C)c3ccc(Cl)cc3)C23CC[C@@]1(C)O3. The molecule has 3 fully saturated rings. The fourth-order valence-corrected chi connectivity index (χ4v) is 7.45. The normalized spacial score (nSPS) is 27.2. The number of ether oxygens (including phenoxy) is 1. The minimum Gasteiger partial charge on any atom is -0.396 e. The predicted molar refractivity (Wildman–Crippen MR) is 166 cm³/mol. The number of likely N-dealkylation sites (tertiary alicyclic amines) is 1. The topological polar surface area (TPSA) is 90.4 Å². The van der Waals surface area contributed by atoms with Gasteiger partial charge in [0.05, 0.1) is 17.4 Å². The maximum atomic E-state index is 14.6. The van der Waals surface area contributed by atoms with Crippen molar-refractivity contribution in [2.75, 3.05) is 31.1 Å². The summed E-state index contributed by atoms with van der Waals surface area (Å²) >= 11 is 6.14. The number of amides is 3. The van der Waals surface area contributed by atoms with Gasteiger partial charge in [-0.25, -0.2) is 0 Å². The zero-order chi connectivity index (χ0) is 30.8. The summed E-state index contributed by atoms with van der Waals surface area (Å²) in [4.78, 5) is 48.4. The number of unbranched alkanes of at least 4 members (excludes halogenated alkanes) is 1. The smallest absolute Gasteiger partial charge is 0.253 e. The van der Waals surface area contributed by atoms with Crippen LogP contribution in [0.3, 0.4) is 0 Å². The molecule has 2 aromatic rings. The molecule has 3 amide bonds. The third-order valence-electron chi connectivity index (χ3n) is 9.18. The van der Waals surface area contributed by atoms with Gasteiger partial charge in [-0.3, -0.25) is 14.4 Å². The van der Waals surface area contributed by atoms with Gasteiger partial charge < -0.3 is 24.5 Å². The molecule has 3 aliphatic rings. The van der Waals surface area contributed by atoms with Crippen LogP contribution in [0.2, 0.25) is 5.02 Å². The number of aliphatic hydroxyl groups excluding tert-OH is 1. The highest BCUT2D eigenvalue weighted by molar-refractivity contribution is 6.30. The number of benzene rings is 2. The first kappa shape index (κ1) is 31.0. The minimum atomic E-state index is -1.15. The zero-order valence-electron chi connectivity index (χ0n) is 24.7. The molecule has 2 bridgehead atoms. The van der Waals surface area contributed by atoms with Crippen LogP contribution in [0.4, 0.5) is 5.69 Å². The van der Waals surface area contributed by atoms with Gasteiger partial charge in [-0.2, -0.15) is 0 Å². The number of nitrogens with zero attached hydrogens (tertiary/aromatic N) is 3. The number of fused-ring (bicyclic) bond motifs is 1. The summed E-state index contributed by atoms with van der Waals surface area (Å²) < 4.78 is 6.83. The molecule has 0 radical (unpaired) electrons. The molecule has 43 heavy (non-hydrogen) atoms. The van der Waals surface area contributed by atoms with Gasteiger partial charge >= 0.3 is 0 Å². The van der Waals surface area contributed by atoms with Crippen LogP contribution >= 0.6 is 11.6 Å². The second-order valence-electron chi connectivity index (χ2n) is 11.9. The van der Waals surface area contributed by atoms with E-state index in [2.05, 4.69) is 13.2 Å². The number of carbonyl (C=O) groups excluding carboxylic acids is 3. The van der Waals surface area contributed by atoms with Gasteiger partial charge in [-0.05, 0) is 62.4 Å². The average molecular weight is 606 g/mol. The van der Waals surface area contributed by atoms with Crippen molar-refractivity contribution in [2.45, 2.75) is 56.4 Å². The summed E-state index contributed by atoms with van der Waals surface area (Å²) in [6.45, 7) is 10.8. The first-order valence-corrected chi connectivity index (χ1v) is 15.3. The van der Waals surface area contributed by atoms with Crippen LogP contribution in [-0.4, -0.2) is 76.1 Å². The van der Waals surface area contributed by atoms with E-state index in [9.17, 15) is 19.5 Å². The Morgan fingerprint density at radius 2 is 1.74 bits per heavy atom. The minimum absolute atomic E-state index is 0.0196. The summed E-state index contributed by atoms with van der Waals surface area (Å²) in [7, 11) is 0. The van der Waals surface area contributed by atoms with Crippen LogP contribution < -0.4 is 4.90 Å². The maximum Gasteiger partial charge on any atom is 0.253 e. The van der Waals surface area contributed by atoms with E-state index in [1.54, 1.807) is 51.1 Å². The Hall–Kier alpha value is -3.46. The molecule has 5 atom stereocenters. The number of carbonyl (C=O) groups is 3. The van der Waals surface area contributed by atoms with Crippen molar-refractivity contribution in [3.63, 3.8) is 0 Å². The van der Waals surface area contributed by atoms with Crippen LogP contribution in [0.1, 0.15) is 38.2 Å². The highest BCUT2D eigenvalue weighted by Crippen LogP contribution is 2.63. The molecule has 0 saturated carbocycles. The molecule has 2 unspecified atom stereocenters. The molecule has 2 aromatic carbocycles. The van der Waals surface area contributed by atoms with Gasteiger partial charge in [-0.1, -0.05) is 54.1 Å². The molecule has 228 valence electrons. The molecular weight excluding hydrogens is 566 g/mol. The quantitative estimate of drug-likeness (QED) is 0.266. The van der Waals surface area contributed by atoms with E-state index in [4.69, 9.17) is 16.3 Å². The Morgan fingerprint density at radius 3 is 2.40 bits per heavy atom. The lowest BCUT2D eigenvalue weighted by Crippen LogP contribution is -2.56. The number of hydrogen-bond donors (Lipinski definition) is 1. The molecule has 9 heteroatoms. The predicted octanol–water partition coefficient (Wildman–Crippen LogP) is 4.61. The number of rotatable bonds is 13. The summed E-state index contributed by atoms with van der Waals surface area (Å²) in [5, 5.41) is 10.0. The molecule has 3 aliphatic heterocycles. The van der Waals surface area contributed by atoms with E-state index in [1.807, 2.05) is 37.3 Å². The van der Waals surface area contributed by atoms with Crippen molar-refractivity contribution in [1.82, 2.24) is 9.80 Å². The fourth-order valence-electron chi connectivity index (χ4n) is 7.32. The van der Waals surface area contributed by atoms with Crippen LogP contribution in [0.5, 0.6) is 0 Å². The number of hydrogen-bond acceptors (Lipinski definition) is 5. The summed E-state index contributed by atoms with van der Waals surface area (Å²) in [6, 6.07) is 15.8. The Labute approximate surface area is 258 Å². The summed E-state index contributed by atoms with van der Waals surface area (Å²) in [5.74, 6) is -2.26. The van der Waals surface area contributed by atoms with Crippen molar-refractivity contribution in [3.05, 3.63) is 90.5 Å². The van der Waals surface area contributed by atoms with Crippen molar-refractivity contribution >= 4 is 35.0 Å². The van der Waals surface area contributed by atoms with Crippen LogP contribution in [-0.2, 0) is 25.7 Å². The fraction of sp³-hybridized carbons (Fsp3) is 0.441. The van der Waals surface area contributed by atoms with E-state index in [0.717, 1.165) is 5.56 Å². The van der Waals surface area contributed by atoms with Crippen LogP contribution in [0.25, 0.3) is 0 Å². The Morgan fingerprint density at radius 1 is 1.05 bits per heavy atom. The molecule has 1 N–H and O–H groups in total. The first-order valence-electron chi connectivity index (χ1n) is 14.9. The van der Waals surface area contributed by atoms with Crippen molar-refractivity contribution in [3.8, 4) is 0 Å². The highest BCUT2D eigenvalue weighted by atomic mass is 35.5. The lowest BCUT2D eigenvalue weighted by molar-refractivity contribution is -0.150. The summed E-state index contributed by atoms with van der Waals surface area (Å²) in [6.07, 6.45) is 5.38. The lowest BCUT2D eigenvalue weighted by atomic mass is 9.66. The monoisotopic (exact) mass is 605 g/mol. The molecule has 3 saturated heterocycles. The van der Waals surface area contributed by atoms with Gasteiger partial charge in [0.25, 0.3) is 5.91 Å². The van der Waals surface area contributed by atoms with E-state index < -0.39 is 29.1 Å². The maximum absolute atomic E-state index is 14.6. The second-order valence-corrected chi connectivity index (χ2v) is 12.3. The lowest BCUT2D eigenvalue weighted by Gasteiger charge is -2.37. The highest BCUT2D eigenvalue weighted by Gasteiger charge is 2.78. The molecule has 5 rings (SSSR count). The standard InChI is InChI=1S/C34H40ClN3O5/c1-4-19-36(23-24-11-7-6-8-12-24)30(40)27-28-31(41)38(21-9-10-22-39)29(34(28)18-17-33(27,3)43-34)32(42)37(20-5-2)26-15-13-25(35)14-16-26/h4-8,11-16,27-29,39H,1-2,9-10,17-23H2,3H3/t27-,28-,29?,33+,34?/m0/s1. The van der Waals surface area contributed by atoms with Crippen molar-refractivity contribution in [1.29, 1.82) is 0 Å². The third-order valence-corrected chi connectivity index (χ3v) is 9.43. The number of aliphatic hydroxyl groups is 1. The summed E-state index contributed by atoms with van der Waals surface area (Å²) in [5.41, 5.74) is -0.447. The molecule has 0 aromatic heterocycles. The Bertz CT molecular complexity index is 1370. The van der Waals surface area contributed by atoms with Gasteiger partial charge in [-0.15, -0.1) is 13.2 Å². The largest absolute Gasteiger partial charge is 0.396 e. The molecule has 8 nitrogen and oxygen atoms in total. The molecule has 0 aliphatic carbocycles. The zero-order valence-corrected chi connectivity index (χ0v) is 25.4. The third kappa shape index (κ3) is 5.52. The molecular formula is C34H40ClN3O5. The van der Waals surface area contributed by atoms with E-state index in [0.29, 0.717) is 49.5 Å². The number of anilines is 1. The second kappa shape index (κ2) is 12.6. The van der Waals surface area contributed by atoms with E-state index in [-0.39, 0.29) is 37.4 Å². The Balaban J connectivity index is 1.54. The Kier molecular flexibility index (Phi) is 9.11. The van der Waals surface area contributed by atoms with Gasteiger partial charge in [0.1, 0.15) is 11.6 Å². The van der Waals surface area contributed by atoms with Gasteiger partial charge in [0, 0.05) is 43.5 Å². The van der Waals surface area contributed by atoms with Gasteiger partial charge in [0.2, 0.25) is 11.8 Å². The first-order chi connectivity index (χ1) is 20.7. The van der Waals surface area contributed by atoms with Gasteiger partial charge in [0.15, 0.2) is 0 Å². The van der Waals surface area contributed by atoms with Crippen LogP contribution in [0.15, 0.2) is 79.9 Å². The van der Waals surface area contributed by atoms with E-state index in [1.165, 1.54) is 0 Å². The van der Waals surface area contributed by atoms with Crippen LogP contribution in [0, 0.1) is 11.8 Å². The number of halogens is 1. The van der Waals surface area contributed by atoms with Crippen molar-refractivity contribution in [2.24, 2.45) is 11.8 Å². The molecule has 3 heterocycles. The molecule has 1 spiro atoms. The van der Waals surface area contributed by atoms with Crippen molar-refractivity contribution < 1.29 is 24.2 Å². The van der Waals surface area contributed by atoms with E-state index >= 15 is 0 Å².